The largest absolute Gasteiger partial charge is 0.416 e. The quantitative estimate of drug-likeness (QED) is 0.830. The van der Waals surface area contributed by atoms with Gasteiger partial charge in [-0.2, -0.15) is 18.4 Å². The Morgan fingerprint density at radius 2 is 1.68 bits per heavy atom. The molecule has 0 atom stereocenters. The van der Waals surface area contributed by atoms with E-state index in [9.17, 15) is 22.8 Å². The summed E-state index contributed by atoms with van der Waals surface area (Å²) in [6.07, 6.45) is -5.13. The Hall–Kier alpha value is -3.34. The fourth-order valence-electron chi connectivity index (χ4n) is 2.01. The van der Waals surface area contributed by atoms with Crippen molar-refractivity contribution < 1.29 is 22.8 Å². The van der Waals surface area contributed by atoms with E-state index in [2.05, 4.69) is 10.6 Å². The molecule has 0 saturated carbocycles. The van der Waals surface area contributed by atoms with Crippen molar-refractivity contribution in [2.75, 3.05) is 10.6 Å². The molecule has 0 aliphatic carbocycles. The molecule has 128 valence electrons. The highest BCUT2D eigenvalue weighted by Crippen LogP contribution is 2.30. The Morgan fingerprint density at radius 1 is 1.00 bits per heavy atom. The molecule has 0 aliphatic heterocycles. The van der Waals surface area contributed by atoms with E-state index in [4.69, 9.17) is 5.26 Å². The van der Waals surface area contributed by atoms with Crippen LogP contribution in [0.25, 0.3) is 0 Å². The number of benzene rings is 2. The third-order valence-corrected chi connectivity index (χ3v) is 3.12. The number of carbonyl (C=O) groups excluding carboxylic acids is 2. The van der Waals surface area contributed by atoms with Crippen LogP contribution in [0.2, 0.25) is 0 Å². The number of rotatable bonds is 4. The molecule has 5 nitrogen and oxygen atoms in total. The minimum atomic E-state index is -4.53. The summed E-state index contributed by atoms with van der Waals surface area (Å²) >= 11 is 0. The van der Waals surface area contributed by atoms with Crippen molar-refractivity contribution in [1.82, 2.24) is 0 Å². The lowest BCUT2D eigenvalue weighted by atomic mass is 10.2. The summed E-state index contributed by atoms with van der Waals surface area (Å²) in [6, 6.07) is 12.2. The van der Waals surface area contributed by atoms with Gasteiger partial charge in [-0.15, -0.1) is 0 Å². The first-order valence-corrected chi connectivity index (χ1v) is 7.05. The molecule has 25 heavy (non-hydrogen) atoms. The molecule has 2 amide bonds. The number of alkyl halides is 3. The summed E-state index contributed by atoms with van der Waals surface area (Å²) < 4.78 is 37.9. The first-order chi connectivity index (χ1) is 11.8. The third-order valence-electron chi connectivity index (χ3n) is 3.12. The molecule has 0 aliphatic rings. The highest BCUT2D eigenvalue weighted by Gasteiger charge is 2.30. The van der Waals surface area contributed by atoms with Gasteiger partial charge in [0.15, 0.2) is 0 Å². The predicted octanol–water partition coefficient (Wildman–Crippen LogP) is 3.54. The van der Waals surface area contributed by atoms with E-state index in [0.717, 1.165) is 18.2 Å². The van der Waals surface area contributed by atoms with Crippen LogP contribution < -0.4 is 10.6 Å². The number of amides is 2. The topological polar surface area (TPSA) is 82.0 Å². The van der Waals surface area contributed by atoms with Crippen molar-refractivity contribution in [2.45, 2.75) is 12.6 Å². The lowest BCUT2D eigenvalue weighted by molar-refractivity contribution is -0.137. The van der Waals surface area contributed by atoms with Gasteiger partial charge in [0.25, 0.3) is 0 Å². The number of halogens is 3. The third kappa shape index (κ3) is 5.07. The Labute approximate surface area is 141 Å². The number of anilines is 2. The maximum Gasteiger partial charge on any atom is 0.416 e. The molecule has 8 heteroatoms. The molecule has 2 aromatic carbocycles. The molecule has 0 bridgehead atoms. The SMILES string of the molecule is N#Cc1ccccc1NC(=O)CC(=O)Nc1cccc(C(F)(F)F)c1. The van der Waals surface area contributed by atoms with Crippen molar-refractivity contribution in [3.63, 3.8) is 0 Å². The van der Waals surface area contributed by atoms with E-state index in [1.807, 2.05) is 6.07 Å². The van der Waals surface area contributed by atoms with Crippen molar-refractivity contribution in [1.29, 1.82) is 5.26 Å². The number of para-hydroxylation sites is 1. The highest BCUT2D eigenvalue weighted by atomic mass is 19.4. The zero-order valence-electron chi connectivity index (χ0n) is 12.7. The van der Waals surface area contributed by atoms with Gasteiger partial charge in [-0.3, -0.25) is 9.59 Å². The molecule has 2 N–H and O–H groups in total. The van der Waals surface area contributed by atoms with Crippen LogP contribution in [0, 0.1) is 11.3 Å². The average molecular weight is 347 g/mol. The van der Waals surface area contributed by atoms with Crippen LogP contribution in [-0.4, -0.2) is 11.8 Å². The van der Waals surface area contributed by atoms with E-state index in [0.29, 0.717) is 0 Å². The molecule has 0 radical (unpaired) electrons. The summed E-state index contributed by atoms with van der Waals surface area (Å²) in [6.45, 7) is 0. The van der Waals surface area contributed by atoms with Crippen LogP contribution in [-0.2, 0) is 15.8 Å². The molecule has 0 aromatic heterocycles. The van der Waals surface area contributed by atoms with Crippen molar-refractivity contribution >= 4 is 23.2 Å². The predicted molar refractivity (Wildman–Crippen MR) is 84.5 cm³/mol. The van der Waals surface area contributed by atoms with Crippen LogP contribution in [0.15, 0.2) is 48.5 Å². The number of nitriles is 1. The Bertz CT molecular complexity index is 842. The first-order valence-electron chi connectivity index (χ1n) is 7.05. The zero-order chi connectivity index (χ0) is 18.4. The fourth-order valence-corrected chi connectivity index (χ4v) is 2.01. The van der Waals surface area contributed by atoms with Gasteiger partial charge in [0.05, 0.1) is 16.8 Å². The summed E-state index contributed by atoms with van der Waals surface area (Å²) in [5, 5.41) is 13.6. The summed E-state index contributed by atoms with van der Waals surface area (Å²) in [4.78, 5) is 23.7. The first kappa shape index (κ1) is 18.0. The smallest absolute Gasteiger partial charge is 0.326 e. The van der Waals surface area contributed by atoms with Gasteiger partial charge in [0.2, 0.25) is 11.8 Å². The van der Waals surface area contributed by atoms with E-state index < -0.39 is 30.0 Å². The van der Waals surface area contributed by atoms with Gasteiger partial charge in [-0.05, 0) is 30.3 Å². The monoisotopic (exact) mass is 347 g/mol. The lowest BCUT2D eigenvalue weighted by Gasteiger charge is -2.10. The van der Waals surface area contributed by atoms with Gasteiger partial charge in [0.1, 0.15) is 12.5 Å². The number of nitrogens with zero attached hydrogens (tertiary/aromatic N) is 1. The van der Waals surface area contributed by atoms with Crippen molar-refractivity contribution in [3.05, 3.63) is 59.7 Å². The number of nitrogens with one attached hydrogen (secondary N) is 2. The molecular formula is C17H12F3N3O2. The second-order valence-corrected chi connectivity index (χ2v) is 5.01. The van der Waals surface area contributed by atoms with Gasteiger partial charge < -0.3 is 10.6 Å². The van der Waals surface area contributed by atoms with Gasteiger partial charge in [-0.1, -0.05) is 18.2 Å². The average Bonchev–Trinajstić information content (AvgIpc) is 2.54. The minimum Gasteiger partial charge on any atom is -0.326 e. The van der Waals surface area contributed by atoms with Crippen LogP contribution in [0.4, 0.5) is 24.5 Å². The highest BCUT2D eigenvalue weighted by molar-refractivity contribution is 6.08. The summed E-state index contributed by atoms with van der Waals surface area (Å²) in [5.41, 5.74) is -0.487. The maximum atomic E-state index is 12.6. The molecule has 2 rings (SSSR count). The molecule has 2 aromatic rings. The second-order valence-electron chi connectivity index (χ2n) is 5.01. The number of carbonyl (C=O) groups is 2. The van der Waals surface area contributed by atoms with Gasteiger partial charge in [-0.25, -0.2) is 0 Å². The Morgan fingerprint density at radius 3 is 2.36 bits per heavy atom. The van der Waals surface area contributed by atoms with E-state index in [1.54, 1.807) is 12.1 Å². The van der Waals surface area contributed by atoms with Crippen LogP contribution >= 0.6 is 0 Å². The molecule has 0 saturated heterocycles. The fraction of sp³-hybridized carbons (Fsp3) is 0.118. The van der Waals surface area contributed by atoms with Gasteiger partial charge in [0, 0.05) is 5.69 Å². The number of hydrogen-bond donors (Lipinski definition) is 2. The molecular weight excluding hydrogens is 335 g/mol. The molecule has 0 fully saturated rings. The van der Waals surface area contributed by atoms with Crippen LogP contribution in [0.5, 0.6) is 0 Å². The Balaban J connectivity index is 1.99. The zero-order valence-corrected chi connectivity index (χ0v) is 12.7. The summed E-state index contributed by atoms with van der Waals surface area (Å²) in [5.74, 6) is -1.46. The lowest BCUT2D eigenvalue weighted by Crippen LogP contribution is -2.22. The standard InChI is InChI=1S/C17H12F3N3O2/c18-17(19,20)12-5-3-6-13(8-12)22-15(24)9-16(25)23-14-7-2-1-4-11(14)10-21/h1-8H,9H2,(H,22,24)(H,23,25). The second kappa shape index (κ2) is 7.49. The normalized spacial score (nSPS) is 10.6. The van der Waals surface area contributed by atoms with Crippen LogP contribution in [0.3, 0.4) is 0 Å². The van der Waals surface area contributed by atoms with E-state index in [1.165, 1.54) is 18.2 Å². The van der Waals surface area contributed by atoms with Gasteiger partial charge >= 0.3 is 6.18 Å². The van der Waals surface area contributed by atoms with E-state index >= 15 is 0 Å². The van der Waals surface area contributed by atoms with Crippen LogP contribution in [0.1, 0.15) is 17.5 Å². The van der Waals surface area contributed by atoms with E-state index in [-0.39, 0.29) is 16.9 Å². The molecule has 0 unspecified atom stereocenters. The number of hydrogen-bond acceptors (Lipinski definition) is 3. The molecule has 0 spiro atoms. The minimum absolute atomic E-state index is 0.0648. The maximum absolute atomic E-state index is 12.6. The Kier molecular flexibility index (Phi) is 5.39. The molecule has 0 heterocycles. The van der Waals surface area contributed by atoms with Crippen molar-refractivity contribution in [3.8, 4) is 6.07 Å². The van der Waals surface area contributed by atoms with Crippen molar-refractivity contribution in [2.24, 2.45) is 0 Å². The summed E-state index contributed by atoms with van der Waals surface area (Å²) in [7, 11) is 0.